The highest BCUT2D eigenvalue weighted by Gasteiger charge is 2.28. The molecule has 0 aromatic heterocycles. The molecule has 0 unspecified atom stereocenters. The minimum absolute atomic E-state index is 0.164. The molecule has 21 heavy (non-hydrogen) atoms. The first-order valence-electron chi connectivity index (χ1n) is 7.22. The van der Waals surface area contributed by atoms with Crippen LogP contribution in [0.3, 0.4) is 0 Å². The lowest BCUT2D eigenvalue weighted by Gasteiger charge is -2.26. The first-order chi connectivity index (χ1) is 10.2. The highest BCUT2D eigenvalue weighted by atomic mass is 16.5. The van der Waals surface area contributed by atoms with Gasteiger partial charge in [-0.25, -0.2) is 0 Å². The van der Waals surface area contributed by atoms with E-state index in [1.54, 1.807) is 14.2 Å². The molecule has 1 fully saturated rings. The zero-order valence-electron chi connectivity index (χ0n) is 12.9. The number of hydrogen-bond acceptors (Lipinski definition) is 5. The van der Waals surface area contributed by atoms with Gasteiger partial charge in [0.2, 0.25) is 0 Å². The second-order valence-electron chi connectivity index (χ2n) is 5.13. The summed E-state index contributed by atoms with van der Waals surface area (Å²) in [4.78, 5) is 13.6. The van der Waals surface area contributed by atoms with Gasteiger partial charge in [-0.1, -0.05) is 6.07 Å². The minimum Gasteiger partial charge on any atom is -0.497 e. The van der Waals surface area contributed by atoms with Crippen molar-refractivity contribution in [3.05, 3.63) is 23.8 Å². The number of hydrogen-bond donors (Lipinski definition) is 0. The number of rotatable bonds is 6. The Morgan fingerprint density at radius 3 is 2.76 bits per heavy atom. The summed E-state index contributed by atoms with van der Waals surface area (Å²) in [7, 11) is 4.75. The molecule has 1 atom stereocenters. The number of carbonyl (C=O) groups excluding carboxylic acids is 1. The van der Waals surface area contributed by atoms with E-state index in [9.17, 15) is 4.79 Å². The Kier molecular flexibility index (Phi) is 5.44. The number of likely N-dealkylation sites (tertiary alicyclic amines) is 1. The van der Waals surface area contributed by atoms with Crippen LogP contribution in [-0.4, -0.2) is 45.3 Å². The molecule has 1 aromatic carbocycles. The van der Waals surface area contributed by atoms with Crippen LogP contribution in [-0.2, 0) is 9.53 Å². The van der Waals surface area contributed by atoms with E-state index in [4.69, 9.17) is 14.2 Å². The third-order valence-electron chi connectivity index (χ3n) is 3.99. The van der Waals surface area contributed by atoms with Crippen molar-refractivity contribution in [2.45, 2.75) is 25.3 Å². The van der Waals surface area contributed by atoms with Crippen LogP contribution >= 0.6 is 0 Å². The highest BCUT2D eigenvalue weighted by Crippen LogP contribution is 2.38. The van der Waals surface area contributed by atoms with E-state index in [-0.39, 0.29) is 12.0 Å². The Bertz CT molecular complexity index is 489. The SMILES string of the molecule is COC(=O)CCN1CCC[C@H]1c1ccc(OC)cc1OC. The summed E-state index contributed by atoms with van der Waals surface area (Å²) in [6, 6.07) is 6.20. The number of esters is 1. The van der Waals surface area contributed by atoms with Gasteiger partial charge in [0.15, 0.2) is 0 Å². The molecule has 116 valence electrons. The number of nitrogens with zero attached hydrogens (tertiary/aromatic N) is 1. The Morgan fingerprint density at radius 1 is 1.29 bits per heavy atom. The predicted octanol–water partition coefficient (Wildman–Crippen LogP) is 2.40. The van der Waals surface area contributed by atoms with Crippen LogP contribution in [0.15, 0.2) is 18.2 Å². The van der Waals surface area contributed by atoms with Gasteiger partial charge < -0.3 is 14.2 Å². The van der Waals surface area contributed by atoms with Gasteiger partial charge in [-0.05, 0) is 25.5 Å². The van der Waals surface area contributed by atoms with E-state index in [0.29, 0.717) is 13.0 Å². The fourth-order valence-corrected chi connectivity index (χ4v) is 2.88. The van der Waals surface area contributed by atoms with Crippen molar-refractivity contribution in [1.82, 2.24) is 4.90 Å². The second-order valence-corrected chi connectivity index (χ2v) is 5.13. The number of ether oxygens (including phenoxy) is 3. The van der Waals surface area contributed by atoms with Crippen molar-refractivity contribution in [2.75, 3.05) is 34.4 Å². The van der Waals surface area contributed by atoms with E-state index >= 15 is 0 Å². The molecule has 1 saturated heterocycles. The molecule has 0 radical (unpaired) electrons. The average molecular weight is 293 g/mol. The van der Waals surface area contributed by atoms with Crippen LogP contribution in [0, 0.1) is 0 Å². The topological polar surface area (TPSA) is 48.0 Å². The zero-order chi connectivity index (χ0) is 15.2. The van der Waals surface area contributed by atoms with Crippen molar-refractivity contribution in [2.24, 2.45) is 0 Å². The molecule has 0 saturated carbocycles. The van der Waals surface area contributed by atoms with Crippen molar-refractivity contribution in [3.8, 4) is 11.5 Å². The van der Waals surface area contributed by atoms with Crippen LogP contribution in [0.4, 0.5) is 0 Å². The van der Waals surface area contributed by atoms with Crippen LogP contribution in [0.2, 0.25) is 0 Å². The largest absolute Gasteiger partial charge is 0.497 e. The first-order valence-corrected chi connectivity index (χ1v) is 7.22. The molecule has 0 aliphatic carbocycles. The Labute approximate surface area is 125 Å². The lowest BCUT2D eigenvalue weighted by atomic mass is 10.0. The molecule has 1 heterocycles. The molecule has 0 spiro atoms. The molecule has 2 rings (SSSR count). The lowest BCUT2D eigenvalue weighted by Crippen LogP contribution is -2.26. The maximum atomic E-state index is 11.3. The summed E-state index contributed by atoms with van der Waals surface area (Å²) >= 11 is 0. The third kappa shape index (κ3) is 3.67. The maximum absolute atomic E-state index is 11.3. The normalized spacial score (nSPS) is 18.5. The zero-order valence-corrected chi connectivity index (χ0v) is 12.9. The molecule has 5 nitrogen and oxygen atoms in total. The monoisotopic (exact) mass is 293 g/mol. The quantitative estimate of drug-likeness (QED) is 0.754. The van der Waals surface area contributed by atoms with Crippen molar-refractivity contribution in [1.29, 1.82) is 0 Å². The van der Waals surface area contributed by atoms with Crippen molar-refractivity contribution < 1.29 is 19.0 Å². The molecule has 0 N–H and O–H groups in total. The number of benzene rings is 1. The van der Waals surface area contributed by atoms with E-state index in [2.05, 4.69) is 11.0 Å². The minimum atomic E-state index is -0.164. The summed E-state index contributed by atoms with van der Waals surface area (Å²) in [6.45, 7) is 1.71. The van der Waals surface area contributed by atoms with Crippen molar-refractivity contribution >= 4 is 5.97 Å². The Morgan fingerprint density at radius 2 is 2.10 bits per heavy atom. The molecule has 1 aromatic rings. The smallest absolute Gasteiger partial charge is 0.306 e. The molecule has 1 aliphatic heterocycles. The summed E-state index contributed by atoms with van der Waals surface area (Å²) in [6.07, 6.45) is 2.62. The predicted molar refractivity (Wildman–Crippen MR) is 79.7 cm³/mol. The van der Waals surface area contributed by atoms with Gasteiger partial charge in [-0.15, -0.1) is 0 Å². The summed E-state index contributed by atoms with van der Waals surface area (Å²) < 4.78 is 15.5. The number of methoxy groups -OCH3 is 3. The van der Waals surface area contributed by atoms with Gasteiger partial charge in [0, 0.05) is 24.2 Å². The van der Waals surface area contributed by atoms with Crippen molar-refractivity contribution in [3.63, 3.8) is 0 Å². The van der Waals surface area contributed by atoms with Crippen LogP contribution in [0.5, 0.6) is 11.5 Å². The highest BCUT2D eigenvalue weighted by molar-refractivity contribution is 5.69. The van der Waals surface area contributed by atoms with Crippen LogP contribution in [0.1, 0.15) is 30.9 Å². The van der Waals surface area contributed by atoms with E-state index in [1.807, 2.05) is 12.1 Å². The average Bonchev–Trinajstić information content (AvgIpc) is 3.00. The summed E-state index contributed by atoms with van der Waals surface area (Å²) in [5.41, 5.74) is 1.15. The van der Waals surface area contributed by atoms with Gasteiger partial charge in [0.05, 0.1) is 27.8 Å². The molecule has 1 aliphatic rings. The third-order valence-corrected chi connectivity index (χ3v) is 3.99. The Hall–Kier alpha value is -1.75. The van der Waals surface area contributed by atoms with Gasteiger partial charge in [-0.3, -0.25) is 9.69 Å². The van der Waals surface area contributed by atoms with Gasteiger partial charge in [0.25, 0.3) is 0 Å². The standard InChI is InChI=1S/C16H23NO4/c1-19-12-6-7-13(15(11-12)20-2)14-5-4-9-17(14)10-8-16(18)21-3/h6-7,11,14H,4-5,8-10H2,1-3H3/t14-/m0/s1. The van der Waals surface area contributed by atoms with E-state index in [1.165, 1.54) is 7.11 Å². The van der Waals surface area contributed by atoms with Gasteiger partial charge >= 0.3 is 5.97 Å². The van der Waals surface area contributed by atoms with Crippen LogP contribution < -0.4 is 9.47 Å². The number of carbonyl (C=O) groups is 1. The second kappa shape index (κ2) is 7.31. The molecule has 0 bridgehead atoms. The first kappa shape index (κ1) is 15.6. The fraction of sp³-hybridized carbons (Fsp3) is 0.562. The molecule has 5 heteroatoms. The van der Waals surface area contributed by atoms with Crippen LogP contribution in [0.25, 0.3) is 0 Å². The lowest BCUT2D eigenvalue weighted by molar-refractivity contribution is -0.141. The summed E-state index contributed by atoms with van der Waals surface area (Å²) in [5, 5.41) is 0. The Balaban J connectivity index is 2.13. The molecular weight excluding hydrogens is 270 g/mol. The maximum Gasteiger partial charge on any atom is 0.306 e. The summed E-state index contributed by atoms with van der Waals surface area (Å²) in [5.74, 6) is 1.46. The van der Waals surface area contributed by atoms with E-state index < -0.39 is 0 Å². The molecule has 0 amide bonds. The molecular formula is C16H23NO4. The van der Waals surface area contributed by atoms with E-state index in [0.717, 1.165) is 36.4 Å². The van der Waals surface area contributed by atoms with Gasteiger partial charge in [-0.2, -0.15) is 0 Å². The van der Waals surface area contributed by atoms with Gasteiger partial charge in [0.1, 0.15) is 11.5 Å². The fourth-order valence-electron chi connectivity index (χ4n) is 2.88.